The minimum absolute atomic E-state index is 0.232. The van der Waals surface area contributed by atoms with Crippen molar-refractivity contribution >= 4 is 11.6 Å². The van der Waals surface area contributed by atoms with Crippen LogP contribution in [0.1, 0.15) is 63.2 Å². The molecule has 0 radical (unpaired) electrons. The quantitative estimate of drug-likeness (QED) is 0.776. The number of hydrazone groups is 1. The highest BCUT2D eigenvalue weighted by Gasteiger charge is 2.30. The van der Waals surface area contributed by atoms with Gasteiger partial charge >= 0.3 is 0 Å². The van der Waals surface area contributed by atoms with E-state index in [9.17, 15) is 4.79 Å². The molecule has 1 saturated carbocycles. The maximum atomic E-state index is 12.3. The Bertz CT molecular complexity index is 628. The van der Waals surface area contributed by atoms with Crippen molar-refractivity contribution in [1.29, 1.82) is 0 Å². The Hall–Kier alpha value is -2.04. The predicted molar refractivity (Wildman–Crippen MR) is 100 cm³/mol. The monoisotopic (exact) mass is 346 g/mol. The first-order chi connectivity index (χ1) is 11.9. The summed E-state index contributed by atoms with van der Waals surface area (Å²) in [6.07, 6.45) is 5.40. The average Bonchev–Trinajstić information content (AvgIpc) is 2.65. The Morgan fingerprint density at radius 1 is 1.20 bits per heavy atom. The number of carbonyl (C=O) groups excluding carboxylic acids is 1. The summed E-state index contributed by atoms with van der Waals surface area (Å²) < 4.78 is 10.4. The fourth-order valence-electron chi connectivity index (χ4n) is 3.30. The Morgan fingerprint density at radius 3 is 2.40 bits per heavy atom. The zero-order valence-corrected chi connectivity index (χ0v) is 16.0. The first-order valence-electron chi connectivity index (χ1n) is 8.99. The molecule has 5 heteroatoms. The fourth-order valence-corrected chi connectivity index (χ4v) is 3.30. The summed E-state index contributed by atoms with van der Waals surface area (Å²) in [5.41, 5.74) is 4.64. The summed E-state index contributed by atoms with van der Waals surface area (Å²) in [6.45, 7) is 6.95. The number of rotatable bonds is 6. The number of benzene rings is 1. The number of hydrogen-bond acceptors (Lipinski definition) is 4. The van der Waals surface area contributed by atoms with E-state index in [2.05, 4.69) is 31.3 Å². The minimum atomic E-state index is -0.232. The summed E-state index contributed by atoms with van der Waals surface area (Å²) in [4.78, 5) is 12.3. The van der Waals surface area contributed by atoms with E-state index in [-0.39, 0.29) is 5.91 Å². The maximum Gasteiger partial charge on any atom is 0.271 e. The number of hydrogen-bond donors (Lipinski definition) is 1. The molecule has 5 nitrogen and oxygen atoms in total. The molecule has 0 spiro atoms. The number of methoxy groups -OCH3 is 2. The first-order valence-corrected chi connectivity index (χ1v) is 8.99. The van der Waals surface area contributed by atoms with Gasteiger partial charge in [-0.15, -0.1) is 0 Å². The molecular weight excluding hydrogens is 316 g/mol. The van der Waals surface area contributed by atoms with Gasteiger partial charge in [0.1, 0.15) is 0 Å². The van der Waals surface area contributed by atoms with Crippen molar-refractivity contribution < 1.29 is 14.3 Å². The molecule has 0 saturated heterocycles. The largest absolute Gasteiger partial charge is 0.493 e. The van der Waals surface area contributed by atoms with Gasteiger partial charge in [0.05, 0.1) is 14.2 Å². The van der Waals surface area contributed by atoms with Gasteiger partial charge in [0, 0.05) is 11.3 Å². The van der Waals surface area contributed by atoms with E-state index in [4.69, 9.17) is 9.47 Å². The van der Waals surface area contributed by atoms with Crippen molar-refractivity contribution in [3.05, 3.63) is 23.8 Å². The molecule has 1 aliphatic rings. The molecular formula is C20H30N2O3. The van der Waals surface area contributed by atoms with Gasteiger partial charge in [0.15, 0.2) is 11.5 Å². The van der Waals surface area contributed by atoms with Gasteiger partial charge in [-0.2, -0.15) is 5.10 Å². The van der Waals surface area contributed by atoms with Gasteiger partial charge in [-0.05, 0) is 55.2 Å². The van der Waals surface area contributed by atoms with Crippen LogP contribution in [-0.4, -0.2) is 25.8 Å². The average molecular weight is 346 g/mol. The predicted octanol–water partition coefficient (Wildman–Crippen LogP) is 4.42. The standard InChI is InChI=1S/C20H30N2O3/c1-6-20(2,3)15-8-10-16(11-9-15)21-22-19(23)14-7-12-17(24-4)18(13-14)25-5/h7,12-13,15H,6,8-11H2,1-5H3,(H,22,23). The summed E-state index contributed by atoms with van der Waals surface area (Å²) in [7, 11) is 3.12. The lowest BCUT2D eigenvalue weighted by molar-refractivity contribution is 0.0953. The van der Waals surface area contributed by atoms with Crippen LogP contribution in [0.5, 0.6) is 11.5 Å². The van der Waals surface area contributed by atoms with Crippen molar-refractivity contribution in [2.75, 3.05) is 14.2 Å². The van der Waals surface area contributed by atoms with Crippen LogP contribution in [0.3, 0.4) is 0 Å². The molecule has 1 aliphatic carbocycles. The third-order valence-corrected chi connectivity index (χ3v) is 5.54. The van der Waals surface area contributed by atoms with E-state index in [0.29, 0.717) is 22.5 Å². The van der Waals surface area contributed by atoms with Crippen LogP contribution in [0.15, 0.2) is 23.3 Å². The molecule has 0 unspecified atom stereocenters. The second-order valence-electron chi connectivity index (χ2n) is 7.31. The number of ether oxygens (including phenoxy) is 2. The Balaban J connectivity index is 1.95. The summed E-state index contributed by atoms with van der Waals surface area (Å²) in [6, 6.07) is 5.09. The molecule has 1 fully saturated rings. The fraction of sp³-hybridized carbons (Fsp3) is 0.600. The highest BCUT2D eigenvalue weighted by molar-refractivity contribution is 5.96. The third-order valence-electron chi connectivity index (χ3n) is 5.54. The van der Waals surface area contributed by atoms with Crippen LogP contribution in [0.25, 0.3) is 0 Å². The molecule has 1 amide bonds. The van der Waals surface area contributed by atoms with Crippen molar-refractivity contribution in [2.45, 2.75) is 52.9 Å². The highest BCUT2D eigenvalue weighted by Crippen LogP contribution is 2.39. The van der Waals surface area contributed by atoms with Crippen molar-refractivity contribution in [1.82, 2.24) is 5.43 Å². The topological polar surface area (TPSA) is 59.9 Å². The lowest BCUT2D eigenvalue weighted by Crippen LogP contribution is -2.29. The number of amides is 1. The van der Waals surface area contributed by atoms with Crippen LogP contribution < -0.4 is 14.9 Å². The van der Waals surface area contributed by atoms with Crippen molar-refractivity contribution in [3.8, 4) is 11.5 Å². The zero-order valence-electron chi connectivity index (χ0n) is 16.0. The zero-order chi connectivity index (χ0) is 18.4. The van der Waals surface area contributed by atoms with Gasteiger partial charge < -0.3 is 9.47 Å². The lowest BCUT2D eigenvalue weighted by atomic mass is 9.69. The van der Waals surface area contributed by atoms with Crippen LogP contribution in [-0.2, 0) is 0 Å². The minimum Gasteiger partial charge on any atom is -0.493 e. The van der Waals surface area contributed by atoms with Crippen molar-refractivity contribution in [3.63, 3.8) is 0 Å². The van der Waals surface area contributed by atoms with Crippen LogP contribution >= 0.6 is 0 Å². The molecule has 2 rings (SSSR count). The molecule has 0 aliphatic heterocycles. The van der Waals surface area contributed by atoms with Gasteiger partial charge in [-0.25, -0.2) is 5.43 Å². The molecule has 138 valence electrons. The second-order valence-corrected chi connectivity index (χ2v) is 7.31. The van der Waals surface area contributed by atoms with E-state index in [0.717, 1.165) is 37.3 Å². The van der Waals surface area contributed by atoms with E-state index >= 15 is 0 Å². The highest BCUT2D eigenvalue weighted by atomic mass is 16.5. The second kappa shape index (κ2) is 8.37. The smallest absolute Gasteiger partial charge is 0.271 e. The third kappa shape index (κ3) is 4.74. The van der Waals surface area contributed by atoms with Crippen LogP contribution in [0.2, 0.25) is 0 Å². The number of nitrogens with zero attached hydrogens (tertiary/aromatic N) is 1. The van der Waals surface area contributed by atoms with E-state index < -0.39 is 0 Å². The lowest BCUT2D eigenvalue weighted by Gasteiger charge is -2.36. The van der Waals surface area contributed by atoms with E-state index in [1.165, 1.54) is 6.42 Å². The SMILES string of the molecule is CCC(C)(C)C1CCC(=NNC(=O)c2ccc(OC)c(OC)c2)CC1. The molecule has 0 heterocycles. The Kier molecular flexibility index (Phi) is 6.45. The van der Waals surface area contributed by atoms with E-state index in [1.54, 1.807) is 32.4 Å². The molecule has 0 aromatic heterocycles. The summed E-state index contributed by atoms with van der Waals surface area (Å²) in [5, 5.41) is 4.34. The normalized spacial score (nSPS) is 17.8. The van der Waals surface area contributed by atoms with Gasteiger partial charge in [0.2, 0.25) is 0 Å². The van der Waals surface area contributed by atoms with Gasteiger partial charge in [0.25, 0.3) is 5.91 Å². The molecule has 25 heavy (non-hydrogen) atoms. The van der Waals surface area contributed by atoms with Crippen LogP contribution in [0, 0.1) is 11.3 Å². The maximum absolute atomic E-state index is 12.3. The number of carbonyl (C=O) groups is 1. The van der Waals surface area contributed by atoms with Crippen molar-refractivity contribution in [2.24, 2.45) is 16.4 Å². The number of nitrogens with one attached hydrogen (secondary N) is 1. The molecule has 1 aromatic rings. The first kappa shape index (κ1) is 19.3. The molecule has 0 atom stereocenters. The summed E-state index contributed by atoms with van der Waals surface area (Å²) >= 11 is 0. The van der Waals surface area contributed by atoms with E-state index in [1.807, 2.05) is 0 Å². The molecule has 1 aromatic carbocycles. The molecule has 1 N–H and O–H groups in total. The van der Waals surface area contributed by atoms with Gasteiger partial charge in [-0.1, -0.05) is 27.2 Å². The molecule has 0 bridgehead atoms. The Labute approximate surface area is 150 Å². The van der Waals surface area contributed by atoms with Gasteiger partial charge in [-0.3, -0.25) is 4.79 Å². The Morgan fingerprint density at radius 2 is 1.84 bits per heavy atom. The van der Waals surface area contributed by atoms with Crippen LogP contribution in [0.4, 0.5) is 0 Å². The summed E-state index contributed by atoms with van der Waals surface area (Å²) in [5.74, 6) is 1.63.